The van der Waals surface area contributed by atoms with Crippen LogP contribution in [0.1, 0.15) is 34.8 Å². The second-order valence-electron chi connectivity index (χ2n) is 5.18. The normalized spacial score (nSPS) is 11.1. The summed E-state index contributed by atoms with van der Waals surface area (Å²) in [4.78, 5) is 16.2. The Labute approximate surface area is 130 Å². The lowest BCUT2D eigenvalue weighted by molar-refractivity contribution is 0.0700. The number of hydrogen-bond donors (Lipinski definition) is 1. The standard InChI is InChI=1S/C15H16BrNO2S/c1-8(2)6-12-13(15(18)19)20-14(17-12)10-5-4-9(3)7-11(10)16/h4-5,7-8H,6H2,1-3H3,(H,18,19). The van der Waals surface area contributed by atoms with E-state index in [2.05, 4.69) is 34.8 Å². The molecule has 1 N–H and O–H groups in total. The Morgan fingerprint density at radius 1 is 1.45 bits per heavy atom. The average Bonchev–Trinajstić information content (AvgIpc) is 2.71. The topological polar surface area (TPSA) is 50.2 Å². The van der Waals surface area contributed by atoms with Gasteiger partial charge in [-0.15, -0.1) is 11.3 Å². The van der Waals surface area contributed by atoms with Gasteiger partial charge in [0.15, 0.2) is 0 Å². The Hall–Kier alpha value is -1.20. The van der Waals surface area contributed by atoms with E-state index in [1.807, 2.05) is 25.1 Å². The number of aromatic nitrogens is 1. The number of benzene rings is 1. The molecule has 3 nitrogen and oxygen atoms in total. The minimum absolute atomic E-state index is 0.348. The minimum atomic E-state index is -0.896. The third kappa shape index (κ3) is 3.27. The van der Waals surface area contributed by atoms with Crippen molar-refractivity contribution in [1.29, 1.82) is 0 Å². The summed E-state index contributed by atoms with van der Waals surface area (Å²) < 4.78 is 0.944. The Balaban J connectivity index is 2.49. The molecule has 0 saturated heterocycles. The van der Waals surface area contributed by atoms with Crippen molar-refractivity contribution >= 4 is 33.2 Å². The van der Waals surface area contributed by atoms with Crippen molar-refractivity contribution in [2.75, 3.05) is 0 Å². The average molecular weight is 354 g/mol. The fourth-order valence-corrected chi connectivity index (χ4v) is 3.74. The van der Waals surface area contributed by atoms with Crippen LogP contribution in [0, 0.1) is 12.8 Å². The number of aromatic carboxylic acids is 1. The van der Waals surface area contributed by atoms with Gasteiger partial charge in [-0.3, -0.25) is 0 Å². The van der Waals surface area contributed by atoms with E-state index in [0.717, 1.165) is 20.6 Å². The maximum atomic E-state index is 11.3. The van der Waals surface area contributed by atoms with Crippen LogP contribution in [-0.2, 0) is 6.42 Å². The molecule has 0 spiro atoms. The highest BCUT2D eigenvalue weighted by Gasteiger charge is 2.19. The number of carboxylic acid groups (broad SMARTS) is 1. The summed E-state index contributed by atoms with van der Waals surface area (Å²) in [6, 6.07) is 5.99. The second kappa shape index (κ2) is 6.06. The van der Waals surface area contributed by atoms with Gasteiger partial charge in [0.25, 0.3) is 0 Å². The zero-order valence-corrected chi connectivity index (χ0v) is 14.0. The molecule has 0 unspecified atom stereocenters. The van der Waals surface area contributed by atoms with Gasteiger partial charge in [0.1, 0.15) is 9.88 Å². The molecule has 0 atom stereocenters. The number of carbonyl (C=O) groups is 1. The second-order valence-corrected chi connectivity index (χ2v) is 7.03. The molecule has 0 saturated carbocycles. The first kappa shape index (κ1) is 15.2. The Morgan fingerprint density at radius 2 is 2.15 bits per heavy atom. The summed E-state index contributed by atoms with van der Waals surface area (Å²) >= 11 is 4.77. The van der Waals surface area contributed by atoms with Crippen LogP contribution in [0.3, 0.4) is 0 Å². The van der Waals surface area contributed by atoms with E-state index in [0.29, 0.717) is 22.9 Å². The van der Waals surface area contributed by atoms with Gasteiger partial charge in [-0.1, -0.05) is 41.9 Å². The third-order valence-corrected chi connectivity index (χ3v) is 4.62. The number of carboxylic acids is 1. The van der Waals surface area contributed by atoms with Gasteiger partial charge in [0, 0.05) is 10.0 Å². The highest BCUT2D eigenvalue weighted by Crippen LogP contribution is 2.34. The molecule has 0 radical (unpaired) electrons. The van der Waals surface area contributed by atoms with Gasteiger partial charge in [0.05, 0.1) is 5.69 Å². The van der Waals surface area contributed by atoms with Crippen LogP contribution in [-0.4, -0.2) is 16.1 Å². The van der Waals surface area contributed by atoms with E-state index >= 15 is 0 Å². The Kier molecular flexibility index (Phi) is 4.60. The number of nitrogens with zero attached hydrogens (tertiary/aromatic N) is 1. The predicted molar refractivity (Wildman–Crippen MR) is 85.5 cm³/mol. The van der Waals surface area contributed by atoms with E-state index in [9.17, 15) is 9.90 Å². The van der Waals surface area contributed by atoms with E-state index in [4.69, 9.17) is 0 Å². The van der Waals surface area contributed by atoms with Gasteiger partial charge in [-0.05, 0) is 30.9 Å². The molecule has 1 heterocycles. The quantitative estimate of drug-likeness (QED) is 0.860. The smallest absolute Gasteiger partial charge is 0.347 e. The van der Waals surface area contributed by atoms with Crippen molar-refractivity contribution < 1.29 is 9.90 Å². The summed E-state index contributed by atoms with van der Waals surface area (Å²) in [5, 5.41) is 10.1. The van der Waals surface area contributed by atoms with Crippen molar-refractivity contribution in [3.8, 4) is 10.6 Å². The molecule has 0 aliphatic carbocycles. The monoisotopic (exact) mass is 353 g/mol. The lowest BCUT2D eigenvalue weighted by Gasteiger charge is -2.02. The van der Waals surface area contributed by atoms with Gasteiger partial charge >= 0.3 is 5.97 Å². The van der Waals surface area contributed by atoms with Crippen LogP contribution < -0.4 is 0 Å². The molecule has 2 rings (SSSR count). The fourth-order valence-electron chi connectivity index (χ4n) is 1.95. The van der Waals surface area contributed by atoms with Crippen LogP contribution in [0.5, 0.6) is 0 Å². The summed E-state index contributed by atoms with van der Waals surface area (Å²) in [7, 11) is 0. The molecule has 0 amide bonds. The van der Waals surface area contributed by atoms with Gasteiger partial charge < -0.3 is 5.11 Å². The summed E-state index contributed by atoms with van der Waals surface area (Å²) in [5.41, 5.74) is 2.77. The molecule has 106 valence electrons. The molecule has 5 heteroatoms. The van der Waals surface area contributed by atoms with Gasteiger partial charge in [-0.25, -0.2) is 9.78 Å². The lowest BCUT2D eigenvalue weighted by Crippen LogP contribution is -2.02. The molecule has 1 aromatic carbocycles. The summed E-state index contributed by atoms with van der Waals surface area (Å²) in [5.74, 6) is -0.517. The Morgan fingerprint density at radius 3 is 2.70 bits per heavy atom. The van der Waals surface area contributed by atoms with Gasteiger partial charge in [0.2, 0.25) is 0 Å². The molecule has 2 aromatic rings. The zero-order valence-electron chi connectivity index (χ0n) is 11.6. The third-order valence-electron chi connectivity index (χ3n) is 2.85. The summed E-state index contributed by atoms with van der Waals surface area (Å²) in [6.07, 6.45) is 0.682. The lowest BCUT2D eigenvalue weighted by atomic mass is 10.1. The molecule has 0 bridgehead atoms. The first-order valence-corrected chi connectivity index (χ1v) is 7.99. The zero-order chi connectivity index (χ0) is 14.9. The van der Waals surface area contributed by atoms with Gasteiger partial charge in [-0.2, -0.15) is 0 Å². The van der Waals surface area contributed by atoms with E-state index < -0.39 is 5.97 Å². The first-order valence-electron chi connectivity index (χ1n) is 6.38. The predicted octanol–water partition coefficient (Wildman–Crippen LogP) is 4.78. The largest absolute Gasteiger partial charge is 0.477 e. The minimum Gasteiger partial charge on any atom is -0.477 e. The summed E-state index contributed by atoms with van der Waals surface area (Å²) in [6.45, 7) is 6.14. The number of thiazole rings is 1. The number of aryl methyl sites for hydroxylation is 1. The highest BCUT2D eigenvalue weighted by atomic mass is 79.9. The van der Waals surface area contributed by atoms with Crippen molar-refractivity contribution in [2.45, 2.75) is 27.2 Å². The van der Waals surface area contributed by atoms with Crippen LogP contribution in [0.2, 0.25) is 0 Å². The van der Waals surface area contributed by atoms with E-state index in [1.165, 1.54) is 11.3 Å². The molecule has 0 aliphatic heterocycles. The molecular formula is C15H16BrNO2S. The van der Waals surface area contributed by atoms with E-state index in [1.54, 1.807) is 0 Å². The van der Waals surface area contributed by atoms with Crippen molar-refractivity contribution in [2.24, 2.45) is 5.92 Å². The van der Waals surface area contributed by atoms with Crippen LogP contribution >= 0.6 is 27.3 Å². The molecular weight excluding hydrogens is 338 g/mol. The fraction of sp³-hybridized carbons (Fsp3) is 0.333. The van der Waals surface area contributed by atoms with Crippen molar-refractivity contribution in [3.63, 3.8) is 0 Å². The number of rotatable bonds is 4. The first-order chi connectivity index (χ1) is 9.38. The van der Waals surface area contributed by atoms with Crippen molar-refractivity contribution in [3.05, 3.63) is 38.8 Å². The number of hydrogen-bond acceptors (Lipinski definition) is 3. The maximum absolute atomic E-state index is 11.3. The van der Waals surface area contributed by atoms with E-state index in [-0.39, 0.29) is 0 Å². The van der Waals surface area contributed by atoms with Crippen LogP contribution in [0.25, 0.3) is 10.6 Å². The maximum Gasteiger partial charge on any atom is 0.347 e. The van der Waals surface area contributed by atoms with Crippen LogP contribution in [0.15, 0.2) is 22.7 Å². The number of halogens is 1. The van der Waals surface area contributed by atoms with Crippen LogP contribution in [0.4, 0.5) is 0 Å². The molecule has 20 heavy (non-hydrogen) atoms. The molecule has 0 aliphatic rings. The molecule has 0 fully saturated rings. The molecule has 1 aromatic heterocycles. The Bertz CT molecular complexity index is 649. The van der Waals surface area contributed by atoms with Crippen molar-refractivity contribution in [1.82, 2.24) is 4.98 Å². The SMILES string of the molecule is Cc1ccc(-c2nc(CC(C)C)c(C(=O)O)s2)c(Br)c1. The highest BCUT2D eigenvalue weighted by molar-refractivity contribution is 9.10.